The molecule has 9 nitrogen and oxygen atoms in total. The van der Waals surface area contributed by atoms with E-state index in [1.54, 1.807) is 18.9 Å². The first-order valence-electron chi connectivity index (χ1n) is 8.24. The summed E-state index contributed by atoms with van der Waals surface area (Å²) in [6.07, 6.45) is 0.785. The number of fused-ring (bicyclic) bond motifs is 3. The van der Waals surface area contributed by atoms with E-state index in [0.29, 0.717) is 18.5 Å². The van der Waals surface area contributed by atoms with Crippen LogP contribution in [0.25, 0.3) is 0 Å². The van der Waals surface area contributed by atoms with Crippen molar-refractivity contribution in [3.63, 3.8) is 0 Å². The van der Waals surface area contributed by atoms with Crippen molar-refractivity contribution in [2.24, 2.45) is 11.8 Å². The summed E-state index contributed by atoms with van der Waals surface area (Å²) in [5.41, 5.74) is 0.556. The molecule has 3 aliphatic heterocycles. The number of amides is 2. The zero-order valence-electron chi connectivity index (χ0n) is 14.2. The van der Waals surface area contributed by atoms with Gasteiger partial charge in [-0.15, -0.1) is 0 Å². The molecule has 9 heteroatoms. The lowest BCUT2D eigenvalue weighted by Gasteiger charge is -2.47. The summed E-state index contributed by atoms with van der Waals surface area (Å²) in [6.45, 7) is 2.23. The van der Waals surface area contributed by atoms with Gasteiger partial charge in [-0.05, 0) is 18.9 Å². The number of aliphatic hydroxyl groups is 1. The van der Waals surface area contributed by atoms with Crippen LogP contribution in [0.4, 0.5) is 0 Å². The quantitative estimate of drug-likeness (QED) is 0.329. The van der Waals surface area contributed by atoms with E-state index in [1.165, 1.54) is 9.80 Å². The number of nitrogens with one attached hydrogen (secondary N) is 1. The maximum absolute atomic E-state index is 12.3. The second kappa shape index (κ2) is 6.14. The van der Waals surface area contributed by atoms with Crippen molar-refractivity contribution < 1.29 is 24.6 Å². The smallest absolute Gasteiger partial charge is 0.352 e. The average molecular weight is 350 g/mol. The van der Waals surface area contributed by atoms with Gasteiger partial charge in [0, 0.05) is 26.1 Å². The molecule has 0 aromatic carbocycles. The molecule has 3 aliphatic rings. The molecule has 0 bridgehead atoms. The average Bonchev–Trinajstić information content (AvgIpc) is 2.84. The Morgan fingerprint density at radius 2 is 2.16 bits per heavy atom. The number of carbonyl (C=O) groups excluding carboxylic acids is 2. The van der Waals surface area contributed by atoms with Crippen LogP contribution >= 0.6 is 0 Å². The summed E-state index contributed by atoms with van der Waals surface area (Å²) in [5, 5.41) is 26.6. The third kappa shape index (κ3) is 2.58. The molecule has 2 saturated heterocycles. The number of β-lactam (4-membered cyclic amide) rings is 1. The van der Waals surface area contributed by atoms with Crippen LogP contribution < -0.4 is 0 Å². The number of carboxylic acid groups (broad SMARTS) is 1. The Morgan fingerprint density at radius 1 is 1.48 bits per heavy atom. The Labute approximate surface area is 145 Å². The second-order valence-electron chi connectivity index (χ2n) is 6.90. The highest BCUT2D eigenvalue weighted by Gasteiger charge is 2.61. The summed E-state index contributed by atoms with van der Waals surface area (Å²) >= 11 is 0. The lowest BCUT2D eigenvalue weighted by atomic mass is 9.74. The molecule has 2 amide bonds. The van der Waals surface area contributed by atoms with Crippen molar-refractivity contribution in [2.45, 2.75) is 25.5 Å². The van der Waals surface area contributed by atoms with Gasteiger partial charge in [0.25, 0.3) is 0 Å². The zero-order chi connectivity index (χ0) is 18.5. The molecule has 0 radical (unpaired) electrons. The Kier molecular flexibility index (Phi) is 4.28. The largest absolute Gasteiger partial charge is 0.477 e. The lowest BCUT2D eigenvalue weighted by molar-refractivity contribution is -0.163. The van der Waals surface area contributed by atoms with Gasteiger partial charge in [0.15, 0.2) is 0 Å². The maximum Gasteiger partial charge on any atom is 0.352 e. The van der Waals surface area contributed by atoms with E-state index in [4.69, 9.17) is 5.41 Å². The van der Waals surface area contributed by atoms with Gasteiger partial charge in [-0.1, -0.05) is 0 Å². The summed E-state index contributed by atoms with van der Waals surface area (Å²) < 4.78 is 0. The summed E-state index contributed by atoms with van der Waals surface area (Å²) in [4.78, 5) is 40.7. The van der Waals surface area contributed by atoms with E-state index in [-0.39, 0.29) is 42.6 Å². The van der Waals surface area contributed by atoms with Crippen LogP contribution in [0.5, 0.6) is 0 Å². The minimum Gasteiger partial charge on any atom is -0.477 e. The first-order valence-corrected chi connectivity index (χ1v) is 8.24. The van der Waals surface area contributed by atoms with Crippen LogP contribution in [0.15, 0.2) is 11.3 Å². The maximum atomic E-state index is 12.3. The molecular weight excluding hydrogens is 328 g/mol. The SMILES string of the molecule is C[C@@H](O)[C@H]1C(=O)N2C(C(=O)O)=C3CN(C(=O)CN(C)C=N)CC[C@@H]3[C@H]12. The lowest BCUT2D eigenvalue weighted by Crippen LogP contribution is -2.64. The van der Waals surface area contributed by atoms with Gasteiger partial charge >= 0.3 is 5.97 Å². The van der Waals surface area contributed by atoms with Crippen molar-refractivity contribution in [2.75, 3.05) is 26.7 Å². The molecule has 3 N–H and O–H groups in total. The molecule has 0 saturated carbocycles. The van der Waals surface area contributed by atoms with Crippen molar-refractivity contribution in [3.8, 4) is 0 Å². The van der Waals surface area contributed by atoms with Crippen LogP contribution in [0.1, 0.15) is 13.3 Å². The van der Waals surface area contributed by atoms with E-state index >= 15 is 0 Å². The minimum absolute atomic E-state index is 0.0326. The molecule has 136 valence electrons. The number of hydrogen-bond acceptors (Lipinski definition) is 5. The van der Waals surface area contributed by atoms with E-state index in [2.05, 4.69) is 0 Å². The highest BCUT2D eigenvalue weighted by molar-refractivity contribution is 6.00. The van der Waals surface area contributed by atoms with E-state index < -0.39 is 18.0 Å². The molecule has 0 unspecified atom stereocenters. The molecule has 25 heavy (non-hydrogen) atoms. The van der Waals surface area contributed by atoms with Crippen molar-refractivity contribution >= 4 is 24.1 Å². The van der Waals surface area contributed by atoms with Crippen LogP contribution in [0.3, 0.4) is 0 Å². The fourth-order valence-corrected chi connectivity index (χ4v) is 4.18. The predicted molar refractivity (Wildman–Crippen MR) is 86.6 cm³/mol. The standard InChI is InChI=1S/C16H22N4O5/c1-8(21)12-13-9-3-4-19(11(22)6-18(2)7-17)5-10(9)14(16(24)25)20(13)15(12)23/h7-9,12-13,17,21H,3-6H2,1-2H3,(H,24,25)/t8-,9+,12-,13-/m1/s1. The molecule has 0 aliphatic carbocycles. The number of aliphatic hydroxyl groups excluding tert-OH is 1. The number of rotatable bonds is 5. The minimum atomic E-state index is -1.18. The van der Waals surface area contributed by atoms with Crippen LogP contribution in [0.2, 0.25) is 0 Å². The number of carbonyl (C=O) groups is 3. The zero-order valence-corrected chi connectivity index (χ0v) is 14.2. The number of likely N-dealkylation sites (tertiary alicyclic amines) is 1. The Morgan fingerprint density at radius 3 is 2.72 bits per heavy atom. The fourth-order valence-electron chi connectivity index (χ4n) is 4.18. The normalized spacial score (nSPS) is 28.9. The van der Waals surface area contributed by atoms with Gasteiger partial charge in [-0.3, -0.25) is 15.0 Å². The van der Waals surface area contributed by atoms with Crippen molar-refractivity contribution in [1.82, 2.24) is 14.7 Å². The monoisotopic (exact) mass is 350 g/mol. The molecule has 3 heterocycles. The second-order valence-corrected chi connectivity index (χ2v) is 6.90. The molecule has 2 fully saturated rings. The number of aliphatic carboxylic acids is 1. The van der Waals surface area contributed by atoms with Gasteiger partial charge < -0.3 is 24.9 Å². The van der Waals surface area contributed by atoms with Gasteiger partial charge in [-0.25, -0.2) is 4.79 Å². The van der Waals surface area contributed by atoms with Crippen molar-refractivity contribution in [1.29, 1.82) is 5.41 Å². The van der Waals surface area contributed by atoms with Gasteiger partial charge in [0.1, 0.15) is 5.70 Å². The molecule has 0 aromatic heterocycles. The Hall–Kier alpha value is -2.42. The molecule has 0 spiro atoms. The first-order chi connectivity index (χ1) is 11.8. The Bertz CT molecular complexity index is 673. The first kappa shape index (κ1) is 17.4. The summed E-state index contributed by atoms with van der Waals surface area (Å²) in [5.74, 6) is -2.43. The van der Waals surface area contributed by atoms with Gasteiger partial charge in [-0.2, -0.15) is 0 Å². The molecule has 3 rings (SSSR count). The Balaban J connectivity index is 1.85. The molecule has 4 atom stereocenters. The number of nitrogens with zero attached hydrogens (tertiary/aromatic N) is 3. The molecular formula is C16H22N4O5. The number of carboxylic acids is 1. The van der Waals surface area contributed by atoms with E-state index in [0.717, 1.165) is 6.34 Å². The van der Waals surface area contributed by atoms with Crippen LogP contribution in [-0.2, 0) is 14.4 Å². The highest BCUT2D eigenvalue weighted by atomic mass is 16.4. The summed E-state index contributed by atoms with van der Waals surface area (Å²) in [6, 6.07) is -0.324. The van der Waals surface area contributed by atoms with Gasteiger partial charge in [0.2, 0.25) is 11.8 Å². The fraction of sp³-hybridized carbons (Fsp3) is 0.625. The topological polar surface area (TPSA) is 125 Å². The third-order valence-corrected chi connectivity index (χ3v) is 5.34. The van der Waals surface area contributed by atoms with Crippen LogP contribution in [0, 0.1) is 17.2 Å². The van der Waals surface area contributed by atoms with Crippen molar-refractivity contribution in [3.05, 3.63) is 11.3 Å². The number of piperidine rings is 1. The van der Waals surface area contributed by atoms with Crippen LogP contribution in [-0.4, -0.2) is 87.9 Å². The third-order valence-electron chi connectivity index (χ3n) is 5.34. The highest BCUT2D eigenvalue weighted by Crippen LogP contribution is 2.49. The van der Waals surface area contributed by atoms with E-state index in [1.807, 2.05) is 0 Å². The summed E-state index contributed by atoms with van der Waals surface area (Å²) in [7, 11) is 1.62. The number of hydrogen-bond donors (Lipinski definition) is 3. The number of likely N-dealkylation sites (N-methyl/N-ethyl adjacent to an activating group) is 1. The van der Waals surface area contributed by atoms with Gasteiger partial charge in [0.05, 0.1) is 30.9 Å². The molecule has 0 aromatic rings. The predicted octanol–water partition coefficient (Wildman–Crippen LogP) is -1.07. The van der Waals surface area contributed by atoms with E-state index in [9.17, 15) is 24.6 Å².